The molecule has 0 saturated carbocycles. The van der Waals surface area contributed by atoms with Gasteiger partial charge in [-0.05, 0) is 69.5 Å². The van der Waals surface area contributed by atoms with Crippen molar-refractivity contribution >= 4 is 33.3 Å². The van der Waals surface area contributed by atoms with Gasteiger partial charge in [-0.15, -0.1) is 11.3 Å². The number of nitrogens with two attached hydrogens (primary N) is 1. The van der Waals surface area contributed by atoms with E-state index < -0.39 is 0 Å². The van der Waals surface area contributed by atoms with Crippen LogP contribution in [0.15, 0.2) is 0 Å². The molecule has 0 bridgehead atoms. The Bertz CT molecular complexity index is 943. The molecule has 2 aromatic heterocycles. The second kappa shape index (κ2) is 9.00. The Kier molecular flexibility index (Phi) is 6.12. The Morgan fingerprint density at radius 3 is 2.58 bits per heavy atom. The second-order valence-electron chi connectivity index (χ2n) is 9.65. The van der Waals surface area contributed by atoms with E-state index in [4.69, 9.17) is 15.7 Å². The summed E-state index contributed by atoms with van der Waals surface area (Å²) in [5, 5.41) is 5.06. The molecule has 2 saturated heterocycles. The van der Waals surface area contributed by atoms with Crippen LogP contribution in [0.1, 0.15) is 55.3 Å². The van der Waals surface area contributed by atoms with Gasteiger partial charge in [0.05, 0.1) is 18.5 Å². The van der Waals surface area contributed by atoms with Crippen molar-refractivity contribution in [1.82, 2.24) is 19.8 Å². The van der Waals surface area contributed by atoms with Crippen molar-refractivity contribution in [2.24, 2.45) is 11.7 Å². The van der Waals surface area contributed by atoms with Crippen molar-refractivity contribution in [3.8, 4) is 0 Å². The highest BCUT2D eigenvalue weighted by molar-refractivity contribution is 7.19. The molecular weight excluding hydrogens is 408 g/mol. The molecule has 4 heterocycles. The van der Waals surface area contributed by atoms with Gasteiger partial charge in [0.25, 0.3) is 0 Å². The van der Waals surface area contributed by atoms with Gasteiger partial charge in [-0.2, -0.15) is 0 Å². The van der Waals surface area contributed by atoms with Crippen LogP contribution in [0.3, 0.4) is 0 Å². The van der Waals surface area contributed by atoms with Gasteiger partial charge in [0.2, 0.25) is 5.91 Å². The average Bonchev–Trinajstić information content (AvgIpc) is 3.32. The smallest absolute Gasteiger partial charge is 0.231 e. The van der Waals surface area contributed by atoms with E-state index in [0.717, 1.165) is 74.4 Å². The van der Waals surface area contributed by atoms with Crippen molar-refractivity contribution in [2.45, 2.75) is 64.5 Å². The van der Waals surface area contributed by atoms with Crippen LogP contribution in [0.5, 0.6) is 0 Å². The Morgan fingerprint density at radius 2 is 1.84 bits per heavy atom. The summed E-state index contributed by atoms with van der Waals surface area (Å²) in [4.78, 5) is 28.7. The summed E-state index contributed by atoms with van der Waals surface area (Å²) in [7, 11) is 0. The highest BCUT2D eigenvalue weighted by Crippen LogP contribution is 2.40. The summed E-state index contributed by atoms with van der Waals surface area (Å²) >= 11 is 1.88. The van der Waals surface area contributed by atoms with Crippen LogP contribution in [0.25, 0.3) is 10.2 Å². The molecular formula is C23H34N6OS. The number of hydrogen-bond acceptors (Lipinski definition) is 7. The number of carbonyl (C=O) groups excluding carboxylic acids is 1. The zero-order chi connectivity index (χ0) is 21.4. The second-order valence-corrected chi connectivity index (χ2v) is 10.7. The number of aryl methyl sites for hydroxylation is 2. The van der Waals surface area contributed by atoms with Crippen molar-refractivity contribution in [3.63, 3.8) is 0 Å². The van der Waals surface area contributed by atoms with Gasteiger partial charge in [-0.3, -0.25) is 14.6 Å². The number of hydrogen-bond donors (Lipinski definition) is 2. The Labute approximate surface area is 188 Å². The molecule has 2 aliphatic heterocycles. The number of nitrogens with one attached hydrogen (secondary N) is 1. The summed E-state index contributed by atoms with van der Waals surface area (Å²) < 4.78 is 0. The molecule has 3 N–H and O–H groups in total. The summed E-state index contributed by atoms with van der Waals surface area (Å²) in [6.07, 6.45) is 8.12. The third kappa shape index (κ3) is 4.71. The van der Waals surface area contributed by atoms with Crippen LogP contribution in [-0.4, -0.2) is 64.4 Å². The Morgan fingerprint density at radius 1 is 1.10 bits per heavy atom. The number of thiophene rings is 1. The van der Waals surface area contributed by atoms with Crippen LogP contribution in [0, 0.1) is 5.92 Å². The van der Waals surface area contributed by atoms with E-state index in [1.807, 2.05) is 11.3 Å². The molecule has 2 aromatic rings. The van der Waals surface area contributed by atoms with Crippen LogP contribution in [0.2, 0.25) is 0 Å². The van der Waals surface area contributed by atoms with E-state index in [-0.39, 0.29) is 5.91 Å². The van der Waals surface area contributed by atoms with E-state index in [2.05, 4.69) is 22.0 Å². The molecule has 31 heavy (non-hydrogen) atoms. The predicted molar refractivity (Wildman–Crippen MR) is 125 cm³/mol. The third-order valence-corrected chi connectivity index (χ3v) is 8.35. The van der Waals surface area contributed by atoms with Gasteiger partial charge in [-0.1, -0.05) is 6.92 Å². The standard InChI is InChI=1S/C23H34N6OS/c1-15-5-9-29(10-6-15)14-20-26-22(21-17-3-2-4-18(17)31-23(21)27-20)25-16-7-11-28(12-8-16)13-19(24)30/h15-16H,2-14H2,1H3,(H2,24,30)(H,25,26,27). The lowest BCUT2D eigenvalue weighted by Crippen LogP contribution is -2.43. The number of fused-ring (bicyclic) bond motifs is 3. The average molecular weight is 443 g/mol. The molecule has 5 rings (SSSR count). The number of aromatic nitrogens is 2. The van der Waals surface area contributed by atoms with Crippen LogP contribution in [-0.2, 0) is 24.2 Å². The number of rotatable bonds is 6. The molecule has 8 heteroatoms. The molecule has 0 atom stereocenters. The largest absolute Gasteiger partial charge is 0.369 e. The monoisotopic (exact) mass is 442 g/mol. The van der Waals surface area contributed by atoms with E-state index in [9.17, 15) is 4.79 Å². The maximum absolute atomic E-state index is 11.2. The number of likely N-dealkylation sites (tertiary alicyclic amines) is 2. The Hall–Kier alpha value is -1.77. The molecule has 0 spiro atoms. The normalized spacial score (nSPS) is 21.6. The molecule has 7 nitrogen and oxygen atoms in total. The first-order chi connectivity index (χ1) is 15.0. The van der Waals surface area contributed by atoms with Crippen molar-refractivity contribution in [3.05, 3.63) is 16.3 Å². The van der Waals surface area contributed by atoms with Crippen LogP contribution >= 0.6 is 11.3 Å². The zero-order valence-corrected chi connectivity index (χ0v) is 19.3. The van der Waals surface area contributed by atoms with Crippen molar-refractivity contribution < 1.29 is 4.79 Å². The summed E-state index contributed by atoms with van der Waals surface area (Å²) in [5.74, 6) is 2.58. The molecule has 0 radical (unpaired) electrons. The fourth-order valence-electron chi connectivity index (χ4n) is 5.28. The first-order valence-electron chi connectivity index (χ1n) is 11.9. The minimum absolute atomic E-state index is 0.241. The maximum atomic E-state index is 11.2. The van der Waals surface area contributed by atoms with Gasteiger partial charge in [0, 0.05) is 24.0 Å². The highest BCUT2D eigenvalue weighted by Gasteiger charge is 2.26. The number of primary amides is 1. The van der Waals surface area contributed by atoms with E-state index in [0.29, 0.717) is 12.6 Å². The lowest BCUT2D eigenvalue weighted by Gasteiger charge is -2.32. The third-order valence-electron chi connectivity index (χ3n) is 7.16. The number of amides is 1. The van der Waals surface area contributed by atoms with E-state index >= 15 is 0 Å². The highest BCUT2D eigenvalue weighted by atomic mass is 32.1. The first kappa shape index (κ1) is 21.1. The van der Waals surface area contributed by atoms with E-state index in [1.165, 1.54) is 41.5 Å². The number of anilines is 1. The minimum atomic E-state index is -0.241. The Balaban J connectivity index is 1.36. The molecule has 1 aliphatic carbocycles. The number of nitrogens with zero attached hydrogens (tertiary/aromatic N) is 4. The van der Waals surface area contributed by atoms with Gasteiger partial charge >= 0.3 is 0 Å². The predicted octanol–water partition coefficient (Wildman–Crippen LogP) is 2.77. The number of carbonyl (C=O) groups is 1. The van der Waals surface area contributed by atoms with Crippen molar-refractivity contribution in [2.75, 3.05) is 38.0 Å². The quantitative estimate of drug-likeness (QED) is 0.715. The summed E-state index contributed by atoms with van der Waals surface area (Å²) in [6.45, 7) is 7.64. The van der Waals surface area contributed by atoms with Gasteiger partial charge in [-0.25, -0.2) is 9.97 Å². The summed E-state index contributed by atoms with van der Waals surface area (Å²) in [5.41, 5.74) is 6.85. The first-order valence-corrected chi connectivity index (χ1v) is 12.7. The molecule has 1 amide bonds. The van der Waals surface area contributed by atoms with Crippen LogP contribution in [0.4, 0.5) is 5.82 Å². The maximum Gasteiger partial charge on any atom is 0.231 e. The molecule has 3 aliphatic rings. The molecule has 0 aromatic carbocycles. The van der Waals surface area contributed by atoms with Gasteiger partial charge < -0.3 is 11.1 Å². The van der Waals surface area contributed by atoms with Gasteiger partial charge in [0.15, 0.2) is 0 Å². The van der Waals surface area contributed by atoms with E-state index in [1.54, 1.807) is 0 Å². The molecule has 0 unspecified atom stereocenters. The van der Waals surface area contributed by atoms with Crippen molar-refractivity contribution in [1.29, 1.82) is 0 Å². The SMILES string of the molecule is CC1CCN(Cc2nc(NC3CCN(CC(N)=O)CC3)c3c4c(sc3n2)CCC4)CC1. The molecule has 2 fully saturated rings. The van der Waals surface area contributed by atoms with Crippen LogP contribution < -0.4 is 11.1 Å². The molecule has 168 valence electrons. The zero-order valence-electron chi connectivity index (χ0n) is 18.5. The lowest BCUT2D eigenvalue weighted by molar-refractivity contribution is -0.119. The lowest BCUT2D eigenvalue weighted by atomic mass is 9.99. The minimum Gasteiger partial charge on any atom is -0.369 e. The number of piperidine rings is 2. The summed E-state index contributed by atoms with van der Waals surface area (Å²) in [6, 6.07) is 0.378. The fraction of sp³-hybridized carbons (Fsp3) is 0.696. The fourth-order valence-corrected chi connectivity index (χ4v) is 6.56. The topological polar surface area (TPSA) is 87.4 Å². The van der Waals surface area contributed by atoms with Gasteiger partial charge in [0.1, 0.15) is 16.5 Å².